The number of ether oxygens (including phenoxy) is 1. The predicted molar refractivity (Wildman–Crippen MR) is 63.7 cm³/mol. The van der Waals surface area contributed by atoms with Gasteiger partial charge >= 0.3 is 5.97 Å². The van der Waals surface area contributed by atoms with Crippen molar-refractivity contribution in [3.8, 4) is 0 Å². The lowest BCUT2D eigenvalue weighted by Crippen LogP contribution is -2.02. The minimum atomic E-state index is -0.458. The number of rotatable bonds is 1. The van der Waals surface area contributed by atoms with Crippen LogP contribution in [-0.2, 0) is 9.53 Å². The Morgan fingerprint density at radius 2 is 1.88 bits per heavy atom. The molecule has 0 heterocycles. The van der Waals surface area contributed by atoms with Crippen LogP contribution in [0.15, 0.2) is 18.2 Å². The number of nitrogen functional groups attached to an aromatic ring is 1. The van der Waals surface area contributed by atoms with E-state index in [0.717, 1.165) is 0 Å². The summed E-state index contributed by atoms with van der Waals surface area (Å²) in [7, 11) is 1.30. The third kappa shape index (κ3) is 5.58. The number of nitrogens with two attached hydrogens (primary N) is 1. The second-order valence-electron chi connectivity index (χ2n) is 2.70. The minimum absolute atomic E-state index is 0.307. The number of hydrogen-bond acceptors (Lipinski definition) is 4. The molecule has 0 radical (unpaired) electrons. The highest BCUT2D eigenvalue weighted by Gasteiger charge is 2.09. The third-order valence-corrected chi connectivity index (χ3v) is 1.71. The zero-order chi connectivity index (χ0) is 12.7. The van der Waals surface area contributed by atoms with Crippen molar-refractivity contribution in [1.82, 2.24) is 0 Å². The molecule has 0 atom stereocenters. The molecule has 4 nitrogen and oxygen atoms in total. The fourth-order valence-electron chi connectivity index (χ4n) is 0.807. The molecule has 0 aliphatic rings. The molecule has 1 aromatic carbocycles. The number of carbonyl (C=O) groups excluding carboxylic acids is 2. The van der Waals surface area contributed by atoms with Gasteiger partial charge in [-0.3, -0.25) is 4.79 Å². The molecule has 88 valence electrons. The van der Waals surface area contributed by atoms with Gasteiger partial charge in [0.15, 0.2) is 0 Å². The van der Waals surface area contributed by atoms with Gasteiger partial charge in [-0.1, -0.05) is 11.6 Å². The zero-order valence-corrected chi connectivity index (χ0v) is 10.3. The van der Waals surface area contributed by atoms with Gasteiger partial charge in [-0.15, -0.1) is 0 Å². The molecule has 0 saturated carbocycles. The predicted octanol–water partition coefficient (Wildman–Crippen LogP) is 2.48. The lowest BCUT2D eigenvalue weighted by molar-refractivity contribution is -0.109. The number of methoxy groups -OCH3 is 1. The van der Waals surface area contributed by atoms with E-state index in [0.29, 0.717) is 16.3 Å². The van der Waals surface area contributed by atoms with Crippen molar-refractivity contribution >= 4 is 40.1 Å². The maximum Gasteiger partial charge on any atom is 0.339 e. The molecular formula is C10H11Cl2NO3. The van der Waals surface area contributed by atoms with Crippen LogP contribution < -0.4 is 5.73 Å². The maximum absolute atomic E-state index is 11.0. The van der Waals surface area contributed by atoms with Gasteiger partial charge < -0.3 is 10.5 Å². The first kappa shape index (κ1) is 14.7. The SMILES string of the molecule is CC(=O)Cl.COC(=O)c1ccc(N)cc1Cl. The topological polar surface area (TPSA) is 69.4 Å². The summed E-state index contributed by atoms with van der Waals surface area (Å²) in [6.07, 6.45) is 0. The molecule has 1 rings (SSSR count). The minimum Gasteiger partial charge on any atom is -0.465 e. The summed E-state index contributed by atoms with van der Waals surface area (Å²) in [6, 6.07) is 4.63. The van der Waals surface area contributed by atoms with Crippen LogP contribution in [0.4, 0.5) is 5.69 Å². The second-order valence-corrected chi connectivity index (χ2v) is 3.64. The lowest BCUT2D eigenvalue weighted by Gasteiger charge is -2.01. The molecule has 0 aliphatic carbocycles. The first-order valence-corrected chi connectivity index (χ1v) is 4.93. The summed E-state index contributed by atoms with van der Waals surface area (Å²) < 4.78 is 4.49. The van der Waals surface area contributed by atoms with Crippen molar-refractivity contribution in [2.75, 3.05) is 12.8 Å². The Labute approximate surface area is 103 Å². The van der Waals surface area contributed by atoms with Crippen molar-refractivity contribution in [3.05, 3.63) is 28.8 Å². The van der Waals surface area contributed by atoms with E-state index in [-0.39, 0.29) is 5.24 Å². The van der Waals surface area contributed by atoms with Crippen molar-refractivity contribution in [2.24, 2.45) is 0 Å². The Balaban J connectivity index is 0.000000487. The van der Waals surface area contributed by atoms with Gasteiger partial charge in [0.2, 0.25) is 5.24 Å². The number of esters is 1. The van der Waals surface area contributed by atoms with Crippen molar-refractivity contribution < 1.29 is 14.3 Å². The molecule has 2 N–H and O–H groups in total. The molecule has 6 heteroatoms. The Hall–Kier alpha value is -1.26. The number of anilines is 1. The van der Waals surface area contributed by atoms with Gasteiger partial charge in [-0.2, -0.15) is 0 Å². The van der Waals surface area contributed by atoms with Gasteiger partial charge in [-0.25, -0.2) is 4.79 Å². The highest BCUT2D eigenvalue weighted by molar-refractivity contribution is 6.62. The third-order valence-electron chi connectivity index (χ3n) is 1.40. The summed E-state index contributed by atoms with van der Waals surface area (Å²) in [5, 5.41) is -0.0538. The molecule has 0 amide bonds. The van der Waals surface area contributed by atoms with Crippen LogP contribution >= 0.6 is 23.2 Å². The number of carbonyl (C=O) groups is 2. The fraction of sp³-hybridized carbons (Fsp3) is 0.200. The van der Waals surface area contributed by atoms with E-state index in [1.54, 1.807) is 6.07 Å². The highest BCUT2D eigenvalue weighted by Crippen LogP contribution is 2.19. The standard InChI is InChI=1S/C8H8ClNO2.C2H3ClO/c1-12-8(11)6-3-2-5(10)4-7(6)9;1-2(3)4/h2-4H,10H2,1H3;1H3. The van der Waals surface area contributed by atoms with E-state index in [1.165, 1.54) is 26.2 Å². The first-order chi connectivity index (χ1) is 7.38. The zero-order valence-electron chi connectivity index (χ0n) is 8.79. The Morgan fingerprint density at radius 1 is 1.38 bits per heavy atom. The largest absolute Gasteiger partial charge is 0.465 e. The van der Waals surface area contributed by atoms with Crippen molar-refractivity contribution in [3.63, 3.8) is 0 Å². The molecule has 0 unspecified atom stereocenters. The average Bonchev–Trinajstić information content (AvgIpc) is 2.16. The summed E-state index contributed by atoms with van der Waals surface area (Å²) in [6.45, 7) is 1.29. The smallest absolute Gasteiger partial charge is 0.339 e. The van der Waals surface area contributed by atoms with Gasteiger partial charge in [0.25, 0.3) is 0 Å². The van der Waals surface area contributed by atoms with Crippen molar-refractivity contribution in [1.29, 1.82) is 0 Å². The lowest BCUT2D eigenvalue weighted by atomic mass is 10.2. The Bertz CT molecular complexity index is 390. The molecular weight excluding hydrogens is 253 g/mol. The molecule has 0 aromatic heterocycles. The monoisotopic (exact) mass is 263 g/mol. The van der Waals surface area contributed by atoms with Crippen LogP contribution in [-0.4, -0.2) is 18.3 Å². The quantitative estimate of drug-likeness (QED) is 0.480. The van der Waals surface area contributed by atoms with Gasteiger partial charge in [0.05, 0.1) is 17.7 Å². The van der Waals surface area contributed by atoms with Crippen LogP contribution in [0.3, 0.4) is 0 Å². The summed E-state index contributed by atoms with van der Waals surface area (Å²) >= 11 is 10.4. The van der Waals surface area contributed by atoms with Crippen LogP contribution in [0.1, 0.15) is 17.3 Å². The summed E-state index contributed by atoms with van der Waals surface area (Å²) in [5.41, 5.74) is 6.28. The normalized spacial score (nSPS) is 8.75. The second kappa shape index (κ2) is 7.09. The van der Waals surface area contributed by atoms with E-state index >= 15 is 0 Å². The fourth-order valence-corrected chi connectivity index (χ4v) is 1.07. The van der Waals surface area contributed by atoms with E-state index in [2.05, 4.69) is 16.3 Å². The average molecular weight is 264 g/mol. The van der Waals surface area contributed by atoms with Crippen LogP contribution in [0.25, 0.3) is 0 Å². The molecule has 0 bridgehead atoms. The first-order valence-electron chi connectivity index (χ1n) is 4.18. The highest BCUT2D eigenvalue weighted by atomic mass is 35.5. The Morgan fingerprint density at radius 3 is 2.25 bits per heavy atom. The van der Waals surface area contributed by atoms with Crippen molar-refractivity contribution in [2.45, 2.75) is 6.92 Å². The van der Waals surface area contributed by atoms with E-state index in [9.17, 15) is 9.59 Å². The molecule has 0 fully saturated rings. The van der Waals surface area contributed by atoms with Crippen LogP contribution in [0.2, 0.25) is 5.02 Å². The molecule has 0 saturated heterocycles. The van der Waals surface area contributed by atoms with Gasteiger partial charge in [0.1, 0.15) is 0 Å². The van der Waals surface area contributed by atoms with E-state index < -0.39 is 5.97 Å². The summed E-state index contributed by atoms with van der Waals surface area (Å²) in [4.78, 5) is 20.2. The van der Waals surface area contributed by atoms with Gasteiger partial charge in [0, 0.05) is 12.6 Å². The number of benzene rings is 1. The molecule has 0 aliphatic heterocycles. The maximum atomic E-state index is 11.0. The molecule has 16 heavy (non-hydrogen) atoms. The van der Waals surface area contributed by atoms with Crippen LogP contribution in [0, 0.1) is 0 Å². The summed E-state index contributed by atoms with van der Waals surface area (Å²) in [5.74, 6) is -0.458. The Kier molecular flexibility index (Phi) is 6.53. The van der Waals surface area contributed by atoms with E-state index in [4.69, 9.17) is 17.3 Å². The number of halogens is 2. The van der Waals surface area contributed by atoms with Crippen LogP contribution in [0.5, 0.6) is 0 Å². The number of hydrogen-bond donors (Lipinski definition) is 1. The molecule has 0 spiro atoms. The molecule has 1 aromatic rings. The van der Waals surface area contributed by atoms with Gasteiger partial charge in [-0.05, 0) is 29.8 Å². The van der Waals surface area contributed by atoms with E-state index in [1.807, 2.05) is 0 Å².